The average molecular weight is 275 g/mol. The predicted octanol–water partition coefficient (Wildman–Crippen LogP) is 1.27. The molecule has 0 fully saturated rings. The molecule has 20 heavy (non-hydrogen) atoms. The van der Waals surface area contributed by atoms with E-state index in [0.29, 0.717) is 5.82 Å². The Labute approximate surface area is 114 Å². The SMILES string of the molecule is CC(C)c1nc(C(=O)Nc2cc(C(=O)O)ccn2)n[nH]1. The van der Waals surface area contributed by atoms with Crippen LogP contribution >= 0.6 is 0 Å². The van der Waals surface area contributed by atoms with Crippen molar-refractivity contribution in [2.75, 3.05) is 5.32 Å². The molecule has 0 spiro atoms. The smallest absolute Gasteiger partial charge is 0.335 e. The standard InChI is InChI=1S/C12H13N5O3/c1-6(2)9-15-10(17-16-9)11(18)14-8-5-7(12(19)20)3-4-13-8/h3-6H,1-2H3,(H,19,20)(H,13,14,18)(H,15,16,17). The van der Waals surface area contributed by atoms with E-state index in [1.54, 1.807) is 0 Å². The van der Waals surface area contributed by atoms with Crippen molar-refractivity contribution < 1.29 is 14.7 Å². The first-order valence-corrected chi connectivity index (χ1v) is 5.90. The Bertz CT molecular complexity index is 650. The summed E-state index contributed by atoms with van der Waals surface area (Å²) in [5, 5.41) is 17.8. The van der Waals surface area contributed by atoms with E-state index in [1.807, 2.05) is 13.8 Å². The first-order chi connectivity index (χ1) is 9.47. The zero-order chi connectivity index (χ0) is 14.7. The molecule has 0 atom stereocenters. The lowest BCUT2D eigenvalue weighted by Crippen LogP contribution is -2.15. The molecular weight excluding hydrogens is 262 g/mol. The molecule has 1 amide bonds. The van der Waals surface area contributed by atoms with Crippen molar-refractivity contribution in [3.8, 4) is 0 Å². The molecular formula is C12H13N5O3. The molecule has 2 heterocycles. The van der Waals surface area contributed by atoms with E-state index in [9.17, 15) is 9.59 Å². The Morgan fingerprint density at radius 2 is 2.15 bits per heavy atom. The number of anilines is 1. The lowest BCUT2D eigenvalue weighted by Gasteiger charge is -2.02. The van der Waals surface area contributed by atoms with Crippen LogP contribution in [0.4, 0.5) is 5.82 Å². The van der Waals surface area contributed by atoms with Crippen LogP contribution in [-0.2, 0) is 0 Å². The number of hydrogen-bond acceptors (Lipinski definition) is 5. The first-order valence-electron chi connectivity index (χ1n) is 5.90. The lowest BCUT2D eigenvalue weighted by atomic mass is 10.2. The Hall–Kier alpha value is -2.77. The molecule has 0 bridgehead atoms. The molecule has 0 saturated heterocycles. The summed E-state index contributed by atoms with van der Waals surface area (Å²) in [4.78, 5) is 30.6. The van der Waals surface area contributed by atoms with Crippen LogP contribution in [0.25, 0.3) is 0 Å². The Morgan fingerprint density at radius 1 is 1.40 bits per heavy atom. The van der Waals surface area contributed by atoms with E-state index in [4.69, 9.17) is 5.11 Å². The van der Waals surface area contributed by atoms with Gasteiger partial charge < -0.3 is 10.4 Å². The third-order valence-electron chi connectivity index (χ3n) is 2.50. The largest absolute Gasteiger partial charge is 0.478 e. The zero-order valence-electron chi connectivity index (χ0n) is 10.9. The van der Waals surface area contributed by atoms with Crippen molar-refractivity contribution >= 4 is 17.7 Å². The Kier molecular flexibility index (Phi) is 3.74. The van der Waals surface area contributed by atoms with Crippen molar-refractivity contribution in [3.63, 3.8) is 0 Å². The van der Waals surface area contributed by atoms with Gasteiger partial charge in [0.1, 0.15) is 11.6 Å². The molecule has 0 aliphatic heterocycles. The van der Waals surface area contributed by atoms with Crippen LogP contribution in [0.2, 0.25) is 0 Å². The minimum atomic E-state index is -1.09. The van der Waals surface area contributed by atoms with Crippen molar-refractivity contribution in [1.29, 1.82) is 0 Å². The highest BCUT2D eigenvalue weighted by Gasteiger charge is 2.15. The molecule has 0 saturated carbocycles. The van der Waals surface area contributed by atoms with Crippen molar-refractivity contribution in [2.24, 2.45) is 0 Å². The summed E-state index contributed by atoms with van der Waals surface area (Å²) in [5.41, 5.74) is 0.0353. The number of aromatic nitrogens is 4. The summed E-state index contributed by atoms with van der Waals surface area (Å²) < 4.78 is 0. The molecule has 0 unspecified atom stereocenters. The molecule has 2 rings (SSSR count). The van der Waals surface area contributed by atoms with E-state index in [0.717, 1.165) is 0 Å². The van der Waals surface area contributed by atoms with Gasteiger partial charge in [0, 0.05) is 12.1 Å². The minimum Gasteiger partial charge on any atom is -0.478 e. The normalized spacial score (nSPS) is 10.6. The molecule has 3 N–H and O–H groups in total. The van der Waals surface area contributed by atoms with Crippen molar-refractivity contribution in [1.82, 2.24) is 20.2 Å². The molecule has 2 aromatic rings. The number of carbonyl (C=O) groups is 2. The molecule has 0 aliphatic carbocycles. The lowest BCUT2D eigenvalue weighted by molar-refractivity contribution is 0.0696. The van der Waals surface area contributed by atoms with Gasteiger partial charge in [-0.1, -0.05) is 13.8 Å². The highest BCUT2D eigenvalue weighted by atomic mass is 16.4. The van der Waals surface area contributed by atoms with E-state index in [2.05, 4.69) is 25.5 Å². The fourth-order valence-electron chi connectivity index (χ4n) is 1.44. The van der Waals surface area contributed by atoms with Gasteiger partial charge in [0.05, 0.1) is 5.56 Å². The molecule has 2 aromatic heterocycles. The number of rotatable bonds is 4. The summed E-state index contributed by atoms with van der Waals surface area (Å²) in [6.07, 6.45) is 1.30. The molecule has 0 aliphatic rings. The number of carboxylic acids is 1. The second-order valence-corrected chi connectivity index (χ2v) is 4.39. The second-order valence-electron chi connectivity index (χ2n) is 4.39. The van der Waals surface area contributed by atoms with Gasteiger partial charge in [0.2, 0.25) is 5.82 Å². The van der Waals surface area contributed by atoms with Crippen molar-refractivity contribution in [3.05, 3.63) is 35.5 Å². The molecule has 104 valence electrons. The van der Waals surface area contributed by atoms with Crippen LogP contribution in [0.3, 0.4) is 0 Å². The Balaban J connectivity index is 2.14. The molecule has 8 heteroatoms. The van der Waals surface area contributed by atoms with Crippen LogP contribution in [-0.4, -0.2) is 37.1 Å². The van der Waals surface area contributed by atoms with E-state index >= 15 is 0 Å². The van der Waals surface area contributed by atoms with E-state index in [-0.39, 0.29) is 23.1 Å². The maximum Gasteiger partial charge on any atom is 0.335 e. The number of amides is 1. The third kappa shape index (κ3) is 2.97. The van der Waals surface area contributed by atoms with Gasteiger partial charge in [-0.3, -0.25) is 9.89 Å². The number of aromatic carboxylic acids is 1. The number of nitrogens with zero attached hydrogens (tertiary/aromatic N) is 3. The summed E-state index contributed by atoms with van der Waals surface area (Å²) in [7, 11) is 0. The summed E-state index contributed by atoms with van der Waals surface area (Å²) >= 11 is 0. The predicted molar refractivity (Wildman–Crippen MR) is 69.6 cm³/mol. The summed E-state index contributed by atoms with van der Waals surface area (Å²) in [6.45, 7) is 3.83. The summed E-state index contributed by atoms with van der Waals surface area (Å²) in [5.74, 6) is -0.812. The highest BCUT2D eigenvalue weighted by molar-refractivity contribution is 6.01. The van der Waals surface area contributed by atoms with E-state index in [1.165, 1.54) is 18.3 Å². The molecule has 0 radical (unpaired) electrons. The zero-order valence-corrected chi connectivity index (χ0v) is 10.9. The highest BCUT2D eigenvalue weighted by Crippen LogP contribution is 2.10. The summed E-state index contributed by atoms with van der Waals surface area (Å²) in [6, 6.07) is 2.60. The van der Waals surface area contributed by atoms with Gasteiger partial charge >= 0.3 is 5.97 Å². The fourth-order valence-corrected chi connectivity index (χ4v) is 1.44. The quantitative estimate of drug-likeness (QED) is 0.772. The van der Waals surface area contributed by atoms with Gasteiger partial charge in [-0.25, -0.2) is 14.8 Å². The number of H-pyrrole nitrogens is 1. The van der Waals surface area contributed by atoms with Gasteiger partial charge in [-0.15, -0.1) is 5.10 Å². The van der Waals surface area contributed by atoms with Crippen LogP contribution < -0.4 is 5.32 Å². The number of aromatic amines is 1. The number of carboxylic acid groups (broad SMARTS) is 1. The van der Waals surface area contributed by atoms with Gasteiger partial charge in [-0.05, 0) is 12.1 Å². The topological polar surface area (TPSA) is 121 Å². The maximum absolute atomic E-state index is 11.9. The molecule has 8 nitrogen and oxygen atoms in total. The second kappa shape index (κ2) is 5.47. The van der Waals surface area contributed by atoms with Crippen LogP contribution in [0, 0.1) is 0 Å². The number of pyridine rings is 1. The average Bonchev–Trinajstić information content (AvgIpc) is 2.88. The fraction of sp³-hybridized carbons (Fsp3) is 0.250. The van der Waals surface area contributed by atoms with Crippen LogP contribution in [0.5, 0.6) is 0 Å². The molecule has 0 aromatic carbocycles. The Morgan fingerprint density at radius 3 is 2.75 bits per heavy atom. The van der Waals surface area contributed by atoms with Crippen LogP contribution in [0.1, 0.15) is 46.6 Å². The minimum absolute atomic E-state index is 0.0174. The monoisotopic (exact) mass is 275 g/mol. The third-order valence-corrected chi connectivity index (χ3v) is 2.50. The van der Waals surface area contributed by atoms with Crippen molar-refractivity contribution in [2.45, 2.75) is 19.8 Å². The van der Waals surface area contributed by atoms with Crippen LogP contribution in [0.15, 0.2) is 18.3 Å². The number of nitrogens with one attached hydrogen (secondary N) is 2. The number of hydrogen-bond donors (Lipinski definition) is 3. The van der Waals surface area contributed by atoms with Gasteiger partial charge in [0.15, 0.2) is 0 Å². The van der Waals surface area contributed by atoms with Gasteiger partial charge in [-0.2, -0.15) is 0 Å². The van der Waals surface area contributed by atoms with Gasteiger partial charge in [0.25, 0.3) is 5.91 Å². The first kappa shape index (κ1) is 13.7. The number of carbonyl (C=O) groups excluding carboxylic acids is 1. The maximum atomic E-state index is 11.9. The van der Waals surface area contributed by atoms with E-state index < -0.39 is 11.9 Å².